The highest BCUT2D eigenvalue weighted by Gasteiger charge is 2.33. The second-order valence-corrected chi connectivity index (χ2v) is 6.12. The van der Waals surface area contributed by atoms with Crippen LogP contribution in [0.2, 0.25) is 0 Å². The Morgan fingerprint density at radius 2 is 2.25 bits per heavy atom. The lowest BCUT2D eigenvalue weighted by atomic mass is 9.88. The molecule has 1 aromatic heterocycles. The number of nitrogens with one attached hydrogen (secondary N) is 1. The van der Waals surface area contributed by atoms with Crippen LogP contribution < -0.4 is 5.32 Å². The average Bonchev–Trinajstić information content (AvgIpc) is 2.77. The summed E-state index contributed by atoms with van der Waals surface area (Å²) in [4.78, 5) is 2.84. The van der Waals surface area contributed by atoms with Gasteiger partial charge in [-0.15, -0.1) is 11.3 Å². The third-order valence-corrected chi connectivity index (χ3v) is 4.57. The fourth-order valence-electron chi connectivity index (χ4n) is 2.75. The fraction of sp³-hybridized carbons (Fsp3) is 0.692. The summed E-state index contributed by atoms with van der Waals surface area (Å²) in [5.41, 5.74) is 1.47. The molecular weight excluding hydrogens is 218 g/mol. The number of hydrogen-bond acceptors (Lipinski definition) is 3. The summed E-state index contributed by atoms with van der Waals surface area (Å²) < 4.78 is 5.68. The summed E-state index contributed by atoms with van der Waals surface area (Å²) >= 11 is 1.89. The summed E-state index contributed by atoms with van der Waals surface area (Å²) in [6, 6.07) is 2.77. The maximum absolute atomic E-state index is 5.68. The summed E-state index contributed by atoms with van der Waals surface area (Å²) in [5.74, 6) is 0.609. The molecule has 1 fully saturated rings. The minimum Gasteiger partial charge on any atom is -0.378 e. The quantitative estimate of drug-likeness (QED) is 0.875. The topological polar surface area (TPSA) is 21.3 Å². The molecule has 0 amide bonds. The van der Waals surface area contributed by atoms with Crippen molar-refractivity contribution >= 4 is 11.3 Å². The van der Waals surface area contributed by atoms with Crippen LogP contribution in [-0.2, 0) is 4.74 Å². The van der Waals surface area contributed by atoms with Crippen LogP contribution in [0.15, 0.2) is 6.07 Å². The molecule has 0 saturated carbocycles. The van der Waals surface area contributed by atoms with Gasteiger partial charge in [0.15, 0.2) is 0 Å². The van der Waals surface area contributed by atoms with E-state index in [1.807, 2.05) is 11.3 Å². The molecule has 2 rings (SSSR count). The van der Waals surface area contributed by atoms with Crippen molar-refractivity contribution in [2.24, 2.45) is 5.92 Å². The van der Waals surface area contributed by atoms with Crippen LogP contribution in [0, 0.1) is 19.8 Å². The van der Waals surface area contributed by atoms with E-state index in [0.717, 1.165) is 6.61 Å². The Labute approximate surface area is 102 Å². The molecule has 3 atom stereocenters. The number of thiophene rings is 1. The van der Waals surface area contributed by atoms with E-state index in [1.165, 1.54) is 21.7 Å². The SMILES string of the molecule is CNC(c1cc(C)sc1C)C1CCOC1C. The van der Waals surface area contributed by atoms with Crippen molar-refractivity contribution < 1.29 is 4.74 Å². The minimum absolute atomic E-state index is 0.372. The molecule has 1 aliphatic rings. The minimum atomic E-state index is 0.372. The zero-order chi connectivity index (χ0) is 11.7. The fourth-order valence-corrected chi connectivity index (χ4v) is 3.72. The standard InChI is InChI=1S/C13H21NOS/c1-8-7-12(10(3)16-8)13(14-4)11-5-6-15-9(11)2/h7,9,11,13-14H,5-6H2,1-4H3. The van der Waals surface area contributed by atoms with Gasteiger partial charge in [-0.05, 0) is 45.9 Å². The molecule has 90 valence electrons. The van der Waals surface area contributed by atoms with Gasteiger partial charge in [0.2, 0.25) is 0 Å². The van der Waals surface area contributed by atoms with Gasteiger partial charge >= 0.3 is 0 Å². The van der Waals surface area contributed by atoms with Crippen LogP contribution in [0.25, 0.3) is 0 Å². The predicted octanol–water partition coefficient (Wildman–Crippen LogP) is 3.05. The first kappa shape index (κ1) is 12.1. The average molecular weight is 239 g/mol. The molecule has 1 aromatic rings. The number of rotatable bonds is 3. The lowest BCUT2D eigenvalue weighted by Crippen LogP contribution is -2.29. The maximum Gasteiger partial charge on any atom is 0.0594 e. The summed E-state index contributed by atoms with van der Waals surface area (Å²) in [6.07, 6.45) is 1.54. The van der Waals surface area contributed by atoms with Gasteiger partial charge < -0.3 is 10.1 Å². The predicted molar refractivity (Wildman–Crippen MR) is 69.1 cm³/mol. The highest BCUT2D eigenvalue weighted by atomic mass is 32.1. The van der Waals surface area contributed by atoms with Crippen molar-refractivity contribution in [2.75, 3.05) is 13.7 Å². The van der Waals surface area contributed by atoms with Gasteiger partial charge in [0.05, 0.1) is 6.10 Å². The van der Waals surface area contributed by atoms with E-state index >= 15 is 0 Å². The van der Waals surface area contributed by atoms with Crippen molar-refractivity contribution in [3.63, 3.8) is 0 Å². The first-order valence-corrected chi connectivity index (χ1v) is 6.81. The van der Waals surface area contributed by atoms with E-state index in [2.05, 4.69) is 39.2 Å². The lowest BCUT2D eigenvalue weighted by Gasteiger charge is -2.25. The molecule has 3 heteroatoms. The molecule has 1 aliphatic heterocycles. The van der Waals surface area contributed by atoms with E-state index in [1.54, 1.807) is 0 Å². The Morgan fingerprint density at radius 3 is 2.69 bits per heavy atom. The maximum atomic E-state index is 5.68. The van der Waals surface area contributed by atoms with E-state index in [0.29, 0.717) is 18.1 Å². The first-order valence-electron chi connectivity index (χ1n) is 5.99. The number of hydrogen-bond donors (Lipinski definition) is 1. The Kier molecular flexibility index (Phi) is 3.67. The van der Waals surface area contributed by atoms with Crippen molar-refractivity contribution in [1.82, 2.24) is 5.32 Å². The zero-order valence-corrected chi connectivity index (χ0v) is 11.4. The lowest BCUT2D eigenvalue weighted by molar-refractivity contribution is 0.0963. The smallest absolute Gasteiger partial charge is 0.0594 e. The Morgan fingerprint density at radius 1 is 1.50 bits per heavy atom. The van der Waals surface area contributed by atoms with Gasteiger partial charge in [0, 0.05) is 28.3 Å². The molecule has 2 nitrogen and oxygen atoms in total. The molecule has 1 N–H and O–H groups in total. The molecule has 2 heterocycles. The number of ether oxygens (including phenoxy) is 1. The first-order chi connectivity index (χ1) is 7.63. The highest BCUT2D eigenvalue weighted by Crippen LogP contribution is 2.36. The van der Waals surface area contributed by atoms with E-state index in [-0.39, 0.29) is 0 Å². The molecule has 0 spiro atoms. The van der Waals surface area contributed by atoms with Crippen LogP contribution in [0.1, 0.15) is 34.7 Å². The van der Waals surface area contributed by atoms with E-state index < -0.39 is 0 Å². The molecule has 3 unspecified atom stereocenters. The Balaban J connectivity index is 2.25. The third-order valence-electron chi connectivity index (χ3n) is 3.59. The van der Waals surface area contributed by atoms with Gasteiger partial charge in [-0.1, -0.05) is 0 Å². The molecule has 1 saturated heterocycles. The van der Waals surface area contributed by atoms with Crippen molar-refractivity contribution in [2.45, 2.75) is 39.3 Å². The molecule has 0 bridgehead atoms. The largest absolute Gasteiger partial charge is 0.378 e. The Hall–Kier alpha value is -0.380. The van der Waals surface area contributed by atoms with Crippen LogP contribution in [-0.4, -0.2) is 19.8 Å². The van der Waals surface area contributed by atoms with E-state index in [4.69, 9.17) is 4.74 Å². The summed E-state index contributed by atoms with van der Waals surface area (Å²) in [6.45, 7) is 7.50. The van der Waals surface area contributed by atoms with Crippen LogP contribution in [0.3, 0.4) is 0 Å². The van der Waals surface area contributed by atoms with Gasteiger partial charge in [0.25, 0.3) is 0 Å². The number of aryl methyl sites for hydroxylation is 2. The van der Waals surface area contributed by atoms with Gasteiger partial charge in [-0.2, -0.15) is 0 Å². The second-order valence-electron chi connectivity index (χ2n) is 4.66. The third kappa shape index (κ3) is 2.17. The van der Waals surface area contributed by atoms with Crippen LogP contribution >= 0.6 is 11.3 Å². The zero-order valence-electron chi connectivity index (χ0n) is 10.5. The van der Waals surface area contributed by atoms with E-state index in [9.17, 15) is 0 Å². The normalized spacial score (nSPS) is 27.2. The van der Waals surface area contributed by atoms with Crippen LogP contribution in [0.5, 0.6) is 0 Å². The summed E-state index contributed by atoms with van der Waals surface area (Å²) in [7, 11) is 2.06. The summed E-state index contributed by atoms with van der Waals surface area (Å²) in [5, 5.41) is 3.47. The molecule has 0 aromatic carbocycles. The van der Waals surface area contributed by atoms with Crippen LogP contribution in [0.4, 0.5) is 0 Å². The second kappa shape index (κ2) is 4.86. The molecule has 0 aliphatic carbocycles. The van der Waals surface area contributed by atoms with Gasteiger partial charge in [0.1, 0.15) is 0 Å². The highest BCUT2D eigenvalue weighted by molar-refractivity contribution is 7.12. The molecule has 16 heavy (non-hydrogen) atoms. The van der Waals surface area contributed by atoms with Gasteiger partial charge in [-0.25, -0.2) is 0 Å². The van der Waals surface area contributed by atoms with Crippen molar-refractivity contribution in [3.05, 3.63) is 21.4 Å². The van der Waals surface area contributed by atoms with Crippen molar-refractivity contribution in [1.29, 1.82) is 0 Å². The molecular formula is C13H21NOS. The molecule has 0 radical (unpaired) electrons. The monoisotopic (exact) mass is 239 g/mol. The Bertz CT molecular complexity index is 361. The van der Waals surface area contributed by atoms with Crippen molar-refractivity contribution in [3.8, 4) is 0 Å². The van der Waals surface area contributed by atoms with Gasteiger partial charge in [-0.3, -0.25) is 0 Å².